The van der Waals surface area contributed by atoms with Crippen molar-refractivity contribution in [2.45, 2.75) is 6.42 Å². The summed E-state index contributed by atoms with van der Waals surface area (Å²) in [6.45, 7) is 0. The van der Waals surface area contributed by atoms with E-state index in [1.165, 1.54) is 7.11 Å². The molecule has 0 bridgehead atoms. The second-order valence-corrected chi connectivity index (χ2v) is 3.69. The van der Waals surface area contributed by atoms with Gasteiger partial charge in [0.1, 0.15) is 7.85 Å². The first-order chi connectivity index (χ1) is 7.69. The largest absolute Gasteiger partial charge is 0.469 e. The lowest BCUT2D eigenvalue weighted by molar-refractivity contribution is -0.139. The van der Waals surface area contributed by atoms with Gasteiger partial charge in [-0.25, -0.2) is 0 Å². The smallest absolute Gasteiger partial charge is 0.309 e. The van der Waals surface area contributed by atoms with Crippen molar-refractivity contribution in [3.8, 4) is 0 Å². The molecule has 0 aliphatic rings. The summed E-state index contributed by atoms with van der Waals surface area (Å²) in [5, 5.41) is 2.16. The van der Waals surface area contributed by atoms with Crippen LogP contribution in [0.5, 0.6) is 0 Å². The van der Waals surface area contributed by atoms with E-state index in [2.05, 4.69) is 4.74 Å². The van der Waals surface area contributed by atoms with Crippen LogP contribution in [0.1, 0.15) is 5.56 Å². The van der Waals surface area contributed by atoms with Gasteiger partial charge in [-0.05, 0) is 16.3 Å². The molecule has 0 fully saturated rings. The summed E-state index contributed by atoms with van der Waals surface area (Å²) in [4.78, 5) is 11.1. The third-order valence-electron chi connectivity index (χ3n) is 2.50. The van der Waals surface area contributed by atoms with Crippen LogP contribution >= 0.6 is 0 Å². The molecule has 2 nitrogen and oxygen atoms in total. The fourth-order valence-corrected chi connectivity index (χ4v) is 1.66. The highest BCUT2D eigenvalue weighted by molar-refractivity contribution is 6.33. The van der Waals surface area contributed by atoms with Crippen LogP contribution in [0.2, 0.25) is 0 Å². The Bertz CT molecular complexity index is 534. The number of benzene rings is 2. The van der Waals surface area contributed by atoms with E-state index in [0.29, 0.717) is 6.42 Å². The van der Waals surface area contributed by atoms with Crippen LogP contribution in [0.15, 0.2) is 36.4 Å². The Hall–Kier alpha value is -1.77. The van der Waals surface area contributed by atoms with E-state index in [9.17, 15) is 4.79 Å². The first-order valence-corrected chi connectivity index (χ1v) is 5.04. The SMILES string of the molecule is [B]c1ccc2cc(CC(=O)OC)ccc2c1. The van der Waals surface area contributed by atoms with Crippen LogP contribution < -0.4 is 5.46 Å². The molecule has 0 aliphatic carbocycles. The van der Waals surface area contributed by atoms with Crippen molar-refractivity contribution >= 4 is 30.1 Å². The van der Waals surface area contributed by atoms with Crippen LogP contribution in [0.3, 0.4) is 0 Å². The molecule has 0 N–H and O–H groups in total. The highest BCUT2D eigenvalue weighted by Gasteiger charge is 2.03. The summed E-state index contributed by atoms with van der Waals surface area (Å²) in [6.07, 6.45) is 0.302. The Morgan fingerprint density at radius 3 is 2.62 bits per heavy atom. The highest BCUT2D eigenvalue weighted by Crippen LogP contribution is 2.15. The van der Waals surface area contributed by atoms with Gasteiger partial charge in [-0.2, -0.15) is 0 Å². The molecule has 0 aliphatic heterocycles. The summed E-state index contributed by atoms with van der Waals surface area (Å²) < 4.78 is 4.63. The predicted octanol–water partition coefficient (Wildman–Crippen LogP) is 1.35. The minimum Gasteiger partial charge on any atom is -0.469 e. The van der Waals surface area contributed by atoms with E-state index >= 15 is 0 Å². The quantitative estimate of drug-likeness (QED) is 0.552. The van der Waals surface area contributed by atoms with E-state index in [4.69, 9.17) is 7.85 Å². The standard InChI is InChI=1S/C13H11BO2/c1-16-13(15)7-9-2-3-11-8-12(14)5-4-10(11)6-9/h2-6,8H,7H2,1H3. The molecule has 0 heterocycles. The van der Waals surface area contributed by atoms with Crippen molar-refractivity contribution in [2.75, 3.05) is 7.11 Å². The monoisotopic (exact) mass is 210 g/mol. The van der Waals surface area contributed by atoms with E-state index < -0.39 is 0 Å². The predicted molar refractivity (Wildman–Crippen MR) is 65.1 cm³/mol. The maximum atomic E-state index is 11.1. The summed E-state index contributed by atoms with van der Waals surface area (Å²) in [5.41, 5.74) is 1.69. The van der Waals surface area contributed by atoms with Crippen LogP contribution in [0.4, 0.5) is 0 Å². The lowest BCUT2D eigenvalue weighted by Crippen LogP contribution is -2.04. The number of rotatable bonds is 2. The molecule has 78 valence electrons. The van der Waals surface area contributed by atoms with E-state index in [1.54, 1.807) is 0 Å². The minimum atomic E-state index is -0.227. The highest BCUT2D eigenvalue weighted by atomic mass is 16.5. The number of esters is 1. The summed E-state index contributed by atoms with van der Waals surface area (Å²) in [7, 11) is 7.08. The maximum Gasteiger partial charge on any atom is 0.309 e. The zero-order valence-corrected chi connectivity index (χ0v) is 9.07. The van der Waals surface area contributed by atoms with E-state index in [1.807, 2.05) is 36.4 Å². The van der Waals surface area contributed by atoms with Gasteiger partial charge < -0.3 is 4.74 Å². The molecule has 0 saturated heterocycles. The van der Waals surface area contributed by atoms with Gasteiger partial charge >= 0.3 is 5.97 Å². The summed E-state index contributed by atoms with van der Waals surface area (Å²) in [6, 6.07) is 11.6. The van der Waals surface area contributed by atoms with E-state index in [-0.39, 0.29) is 5.97 Å². The van der Waals surface area contributed by atoms with Crippen molar-refractivity contribution in [3.05, 3.63) is 42.0 Å². The average Bonchev–Trinajstić information content (AvgIpc) is 2.29. The molecule has 2 aromatic rings. The van der Waals surface area contributed by atoms with Gasteiger partial charge in [-0.15, -0.1) is 0 Å². The molecule has 2 aromatic carbocycles. The van der Waals surface area contributed by atoms with Gasteiger partial charge in [0.25, 0.3) is 0 Å². The molecule has 0 unspecified atom stereocenters. The van der Waals surface area contributed by atoms with Crippen molar-refractivity contribution in [1.29, 1.82) is 0 Å². The zero-order valence-electron chi connectivity index (χ0n) is 9.07. The third kappa shape index (κ3) is 2.24. The Balaban J connectivity index is 2.37. The molecule has 2 rings (SSSR count). The van der Waals surface area contributed by atoms with Gasteiger partial charge in [0.2, 0.25) is 0 Å². The molecule has 0 spiro atoms. The molecule has 0 aromatic heterocycles. The zero-order chi connectivity index (χ0) is 11.5. The fourth-order valence-electron chi connectivity index (χ4n) is 1.66. The molecule has 0 amide bonds. The van der Waals surface area contributed by atoms with Crippen LogP contribution in [0.25, 0.3) is 10.8 Å². The third-order valence-corrected chi connectivity index (χ3v) is 2.50. The van der Waals surface area contributed by atoms with Crippen molar-refractivity contribution < 1.29 is 9.53 Å². The normalized spacial score (nSPS) is 10.3. The average molecular weight is 210 g/mol. The molecule has 0 saturated carbocycles. The molecule has 3 heteroatoms. The van der Waals surface area contributed by atoms with Gasteiger partial charge in [0.05, 0.1) is 13.5 Å². The molecule has 2 radical (unpaired) electrons. The molecular weight excluding hydrogens is 199 g/mol. The summed E-state index contributed by atoms with van der Waals surface area (Å²) >= 11 is 0. The molecule has 0 atom stereocenters. The number of carbonyl (C=O) groups excluding carboxylic acids is 1. The number of ether oxygens (including phenoxy) is 1. The minimum absolute atomic E-state index is 0.227. The van der Waals surface area contributed by atoms with Gasteiger partial charge in [-0.1, -0.05) is 41.9 Å². The lowest BCUT2D eigenvalue weighted by Gasteiger charge is -2.03. The van der Waals surface area contributed by atoms with Crippen molar-refractivity contribution in [3.63, 3.8) is 0 Å². The maximum absolute atomic E-state index is 11.1. The second kappa shape index (κ2) is 4.39. The first-order valence-electron chi connectivity index (χ1n) is 5.04. The number of carbonyl (C=O) groups is 1. The fraction of sp³-hybridized carbons (Fsp3) is 0.154. The van der Waals surface area contributed by atoms with Crippen LogP contribution in [-0.4, -0.2) is 20.9 Å². The Morgan fingerprint density at radius 2 is 1.88 bits per heavy atom. The van der Waals surface area contributed by atoms with E-state index in [0.717, 1.165) is 21.8 Å². The topological polar surface area (TPSA) is 26.3 Å². The number of methoxy groups -OCH3 is 1. The second-order valence-electron chi connectivity index (χ2n) is 3.69. The molecule has 16 heavy (non-hydrogen) atoms. The Labute approximate surface area is 95.6 Å². The van der Waals surface area contributed by atoms with Crippen molar-refractivity contribution in [1.82, 2.24) is 0 Å². The number of hydrogen-bond donors (Lipinski definition) is 0. The molecular formula is C13H11BO2. The van der Waals surface area contributed by atoms with Crippen LogP contribution in [0, 0.1) is 0 Å². The first kappa shape index (κ1) is 10.7. The summed E-state index contributed by atoms with van der Waals surface area (Å²) in [5.74, 6) is -0.227. The Morgan fingerprint density at radius 1 is 1.19 bits per heavy atom. The van der Waals surface area contributed by atoms with Gasteiger partial charge in [0.15, 0.2) is 0 Å². The number of fused-ring (bicyclic) bond motifs is 1. The number of hydrogen-bond acceptors (Lipinski definition) is 2. The lowest BCUT2D eigenvalue weighted by atomic mass is 9.93. The van der Waals surface area contributed by atoms with Gasteiger partial charge in [0, 0.05) is 0 Å². The van der Waals surface area contributed by atoms with Crippen molar-refractivity contribution in [2.24, 2.45) is 0 Å². The van der Waals surface area contributed by atoms with Crippen LogP contribution in [-0.2, 0) is 16.0 Å². The van der Waals surface area contributed by atoms with Gasteiger partial charge in [-0.3, -0.25) is 4.79 Å². The Kier molecular flexibility index (Phi) is 2.95.